The maximum atomic E-state index is 6.28. The third-order valence-electron chi connectivity index (χ3n) is 4.09. The minimum Gasteiger partial charge on any atom is -0.317 e. The van der Waals surface area contributed by atoms with Crippen molar-refractivity contribution in [2.45, 2.75) is 32.2 Å². The van der Waals surface area contributed by atoms with E-state index in [1.807, 2.05) is 6.07 Å². The molecule has 94 valence electrons. The monoisotopic (exact) mass is 315 g/mol. The summed E-state index contributed by atoms with van der Waals surface area (Å²) in [6.45, 7) is 2.35. The maximum absolute atomic E-state index is 6.28. The molecule has 3 heteroatoms. The van der Waals surface area contributed by atoms with Crippen LogP contribution in [0.15, 0.2) is 22.7 Å². The SMILES string of the molecule is CNC1CCC(Cc2ccc(Br)cc2Cl)C1C. The Hall–Kier alpha value is -0.0500. The van der Waals surface area contributed by atoms with Gasteiger partial charge in [-0.2, -0.15) is 0 Å². The summed E-state index contributed by atoms with van der Waals surface area (Å²) >= 11 is 9.73. The Morgan fingerprint density at radius 1 is 1.41 bits per heavy atom. The van der Waals surface area contributed by atoms with Crippen LogP contribution < -0.4 is 5.32 Å². The maximum Gasteiger partial charge on any atom is 0.0449 e. The molecule has 0 spiro atoms. The van der Waals surface area contributed by atoms with Crippen LogP contribution in [0.4, 0.5) is 0 Å². The van der Waals surface area contributed by atoms with E-state index in [1.165, 1.54) is 18.4 Å². The van der Waals surface area contributed by atoms with Gasteiger partial charge >= 0.3 is 0 Å². The Balaban J connectivity index is 2.06. The van der Waals surface area contributed by atoms with Crippen LogP contribution in [-0.4, -0.2) is 13.1 Å². The first-order valence-corrected chi connectivity index (χ1v) is 7.40. The topological polar surface area (TPSA) is 12.0 Å². The Kier molecular flexibility index (Phi) is 4.51. The molecule has 0 radical (unpaired) electrons. The predicted molar refractivity (Wildman–Crippen MR) is 77.6 cm³/mol. The van der Waals surface area contributed by atoms with Crippen LogP contribution in [0.3, 0.4) is 0 Å². The molecule has 1 aliphatic rings. The summed E-state index contributed by atoms with van der Waals surface area (Å²) in [6, 6.07) is 6.89. The van der Waals surface area contributed by atoms with Crippen LogP contribution in [0.5, 0.6) is 0 Å². The molecule has 1 aromatic rings. The Morgan fingerprint density at radius 3 is 2.76 bits per heavy atom. The number of hydrogen-bond donors (Lipinski definition) is 1. The third kappa shape index (κ3) is 3.04. The highest BCUT2D eigenvalue weighted by Gasteiger charge is 2.31. The highest BCUT2D eigenvalue weighted by molar-refractivity contribution is 9.10. The molecule has 1 aromatic carbocycles. The molecule has 3 atom stereocenters. The summed E-state index contributed by atoms with van der Waals surface area (Å²) < 4.78 is 1.05. The summed E-state index contributed by atoms with van der Waals surface area (Å²) in [4.78, 5) is 0. The lowest BCUT2D eigenvalue weighted by atomic mass is 9.89. The molecule has 1 fully saturated rings. The van der Waals surface area contributed by atoms with Crippen molar-refractivity contribution >= 4 is 27.5 Å². The Labute approximate surface area is 117 Å². The fourth-order valence-electron chi connectivity index (χ4n) is 2.91. The molecule has 3 unspecified atom stereocenters. The molecule has 0 bridgehead atoms. The first-order valence-electron chi connectivity index (χ1n) is 6.23. The van der Waals surface area contributed by atoms with Crippen molar-refractivity contribution in [1.82, 2.24) is 5.32 Å². The van der Waals surface area contributed by atoms with Gasteiger partial charge in [0.15, 0.2) is 0 Å². The predicted octanol–water partition coefficient (Wildman–Crippen LogP) is 4.28. The van der Waals surface area contributed by atoms with Crippen molar-refractivity contribution in [2.75, 3.05) is 7.05 Å². The second kappa shape index (κ2) is 5.73. The van der Waals surface area contributed by atoms with Crippen molar-refractivity contribution in [1.29, 1.82) is 0 Å². The lowest BCUT2D eigenvalue weighted by Gasteiger charge is -2.20. The van der Waals surface area contributed by atoms with E-state index in [-0.39, 0.29) is 0 Å². The van der Waals surface area contributed by atoms with Crippen LogP contribution in [0.1, 0.15) is 25.3 Å². The summed E-state index contributed by atoms with van der Waals surface area (Å²) in [5, 5.41) is 4.30. The van der Waals surface area contributed by atoms with Gasteiger partial charge in [0.1, 0.15) is 0 Å². The molecule has 0 saturated heterocycles. The first kappa shape index (κ1) is 13.4. The fourth-order valence-corrected chi connectivity index (χ4v) is 3.66. The number of benzene rings is 1. The highest BCUT2D eigenvalue weighted by atomic mass is 79.9. The van der Waals surface area contributed by atoms with Gasteiger partial charge in [-0.3, -0.25) is 0 Å². The van der Waals surface area contributed by atoms with Crippen molar-refractivity contribution in [3.05, 3.63) is 33.3 Å². The molecule has 1 aliphatic carbocycles. The lowest BCUT2D eigenvalue weighted by Crippen LogP contribution is -2.29. The van der Waals surface area contributed by atoms with Gasteiger partial charge in [0.25, 0.3) is 0 Å². The molecule has 2 rings (SSSR count). The van der Waals surface area contributed by atoms with Crippen LogP contribution in [0, 0.1) is 11.8 Å². The minimum absolute atomic E-state index is 0.675. The molecule has 1 N–H and O–H groups in total. The van der Waals surface area contributed by atoms with Crippen LogP contribution in [0.25, 0.3) is 0 Å². The molecule has 17 heavy (non-hydrogen) atoms. The first-order chi connectivity index (χ1) is 8.11. The molecule has 0 amide bonds. The number of hydrogen-bond acceptors (Lipinski definition) is 1. The third-order valence-corrected chi connectivity index (χ3v) is 4.94. The molecule has 1 nitrogen and oxygen atoms in total. The zero-order chi connectivity index (χ0) is 12.4. The molecular formula is C14H19BrClN. The van der Waals surface area contributed by atoms with Gasteiger partial charge in [0, 0.05) is 15.5 Å². The van der Waals surface area contributed by atoms with Crippen LogP contribution in [0.2, 0.25) is 5.02 Å². The smallest absolute Gasteiger partial charge is 0.0449 e. The van der Waals surface area contributed by atoms with E-state index in [0.29, 0.717) is 6.04 Å². The summed E-state index contributed by atoms with van der Waals surface area (Å²) in [6.07, 6.45) is 3.70. The number of nitrogens with one attached hydrogen (secondary N) is 1. The molecule has 1 saturated carbocycles. The Bertz CT molecular complexity index is 394. The summed E-state index contributed by atoms with van der Waals surface area (Å²) in [5.74, 6) is 1.49. The second-order valence-electron chi connectivity index (χ2n) is 5.03. The zero-order valence-electron chi connectivity index (χ0n) is 10.3. The van der Waals surface area contributed by atoms with E-state index in [9.17, 15) is 0 Å². The van der Waals surface area contributed by atoms with Crippen molar-refractivity contribution in [3.8, 4) is 0 Å². The van der Waals surface area contributed by atoms with E-state index >= 15 is 0 Å². The van der Waals surface area contributed by atoms with Crippen LogP contribution >= 0.6 is 27.5 Å². The molecule has 0 heterocycles. The van der Waals surface area contributed by atoms with Crippen molar-refractivity contribution in [2.24, 2.45) is 11.8 Å². The van der Waals surface area contributed by atoms with Gasteiger partial charge in [-0.1, -0.05) is 40.5 Å². The quantitative estimate of drug-likeness (QED) is 0.877. The number of halogens is 2. The largest absolute Gasteiger partial charge is 0.317 e. The normalized spacial score (nSPS) is 28.6. The molecule has 0 aliphatic heterocycles. The van der Waals surface area contributed by atoms with E-state index in [2.05, 4.69) is 47.4 Å². The van der Waals surface area contributed by atoms with Gasteiger partial charge in [-0.05, 0) is 55.8 Å². The van der Waals surface area contributed by atoms with Gasteiger partial charge in [-0.25, -0.2) is 0 Å². The average molecular weight is 317 g/mol. The van der Waals surface area contributed by atoms with E-state index in [0.717, 1.165) is 27.8 Å². The number of rotatable bonds is 3. The fraction of sp³-hybridized carbons (Fsp3) is 0.571. The summed E-state index contributed by atoms with van der Waals surface area (Å²) in [5.41, 5.74) is 1.28. The van der Waals surface area contributed by atoms with E-state index < -0.39 is 0 Å². The average Bonchev–Trinajstić information content (AvgIpc) is 2.64. The van der Waals surface area contributed by atoms with Crippen LogP contribution in [-0.2, 0) is 6.42 Å². The van der Waals surface area contributed by atoms with Crippen molar-refractivity contribution < 1.29 is 0 Å². The van der Waals surface area contributed by atoms with Gasteiger partial charge in [-0.15, -0.1) is 0 Å². The standard InChI is InChI=1S/C14H19BrClN/c1-9-10(4-6-14(9)17-2)7-11-3-5-12(15)8-13(11)16/h3,5,8-10,14,17H,4,6-7H2,1-2H3. The van der Waals surface area contributed by atoms with E-state index in [1.54, 1.807) is 0 Å². The summed E-state index contributed by atoms with van der Waals surface area (Å²) in [7, 11) is 2.07. The lowest BCUT2D eigenvalue weighted by molar-refractivity contribution is 0.364. The van der Waals surface area contributed by atoms with Gasteiger partial charge in [0.05, 0.1) is 0 Å². The van der Waals surface area contributed by atoms with Crippen molar-refractivity contribution in [3.63, 3.8) is 0 Å². The minimum atomic E-state index is 0.675. The van der Waals surface area contributed by atoms with Gasteiger partial charge < -0.3 is 5.32 Å². The Morgan fingerprint density at radius 2 is 2.18 bits per heavy atom. The second-order valence-corrected chi connectivity index (χ2v) is 6.35. The molecular weight excluding hydrogens is 298 g/mol. The zero-order valence-corrected chi connectivity index (χ0v) is 12.7. The van der Waals surface area contributed by atoms with Gasteiger partial charge in [0.2, 0.25) is 0 Å². The molecule has 0 aromatic heterocycles. The van der Waals surface area contributed by atoms with E-state index in [4.69, 9.17) is 11.6 Å². The highest BCUT2D eigenvalue weighted by Crippen LogP contribution is 2.35.